The van der Waals surface area contributed by atoms with E-state index in [9.17, 15) is 14.0 Å². The van der Waals surface area contributed by atoms with Crippen LogP contribution in [-0.2, 0) is 17.8 Å². The molecule has 0 spiro atoms. The van der Waals surface area contributed by atoms with Crippen molar-refractivity contribution in [3.05, 3.63) is 71.4 Å². The van der Waals surface area contributed by atoms with E-state index in [1.807, 2.05) is 24.3 Å². The number of benzene rings is 2. The lowest BCUT2D eigenvalue weighted by atomic mass is 10.0. The third kappa shape index (κ3) is 4.68. The SMILES string of the molecule is O=C(NCc1nnc(SCC(=O)N2CCCc3ccccc32)o1)c1ccc(F)cc1. The Morgan fingerprint density at radius 3 is 2.77 bits per heavy atom. The quantitative estimate of drug-likeness (QED) is 0.609. The van der Waals surface area contributed by atoms with Crippen molar-refractivity contribution in [2.75, 3.05) is 17.2 Å². The molecule has 1 aromatic heterocycles. The van der Waals surface area contributed by atoms with Gasteiger partial charge in [-0.3, -0.25) is 9.59 Å². The average Bonchev–Trinajstić information content (AvgIpc) is 3.24. The monoisotopic (exact) mass is 426 g/mol. The van der Waals surface area contributed by atoms with Crippen molar-refractivity contribution >= 4 is 29.3 Å². The standard InChI is InChI=1S/C21H19FN4O3S/c22-16-9-7-15(8-10-16)20(28)23-12-18-24-25-21(29-18)30-13-19(27)26-11-3-5-14-4-1-2-6-17(14)26/h1-2,4,6-10H,3,5,11-13H2,(H,23,28). The van der Waals surface area contributed by atoms with Gasteiger partial charge in [0.05, 0.1) is 12.3 Å². The molecule has 4 rings (SSSR count). The van der Waals surface area contributed by atoms with Crippen molar-refractivity contribution < 1.29 is 18.4 Å². The van der Waals surface area contributed by atoms with Crippen LogP contribution in [0.2, 0.25) is 0 Å². The summed E-state index contributed by atoms with van der Waals surface area (Å²) in [5, 5.41) is 10.7. The summed E-state index contributed by atoms with van der Waals surface area (Å²) >= 11 is 1.16. The highest BCUT2D eigenvalue weighted by molar-refractivity contribution is 7.99. The summed E-state index contributed by atoms with van der Waals surface area (Å²) < 4.78 is 18.4. The van der Waals surface area contributed by atoms with E-state index in [1.54, 1.807) is 4.90 Å². The summed E-state index contributed by atoms with van der Waals surface area (Å²) in [6.45, 7) is 0.734. The highest BCUT2D eigenvalue weighted by atomic mass is 32.2. The van der Waals surface area contributed by atoms with Gasteiger partial charge in [0.2, 0.25) is 11.8 Å². The molecule has 0 radical (unpaired) electrons. The van der Waals surface area contributed by atoms with Crippen LogP contribution in [-0.4, -0.2) is 34.3 Å². The van der Waals surface area contributed by atoms with Gasteiger partial charge in [0, 0.05) is 17.8 Å². The number of hydrogen-bond donors (Lipinski definition) is 1. The van der Waals surface area contributed by atoms with Crippen LogP contribution < -0.4 is 10.2 Å². The van der Waals surface area contributed by atoms with Crippen LogP contribution in [0.3, 0.4) is 0 Å². The van der Waals surface area contributed by atoms with Crippen molar-refractivity contribution in [2.24, 2.45) is 0 Å². The normalized spacial score (nSPS) is 13.0. The average molecular weight is 426 g/mol. The van der Waals surface area contributed by atoms with Crippen LogP contribution in [0.5, 0.6) is 0 Å². The lowest BCUT2D eigenvalue weighted by molar-refractivity contribution is -0.116. The van der Waals surface area contributed by atoms with Crippen molar-refractivity contribution in [2.45, 2.75) is 24.6 Å². The molecule has 0 unspecified atom stereocenters. The van der Waals surface area contributed by atoms with E-state index in [0.717, 1.165) is 30.3 Å². The maximum atomic E-state index is 12.9. The van der Waals surface area contributed by atoms with Crippen LogP contribution in [0.25, 0.3) is 0 Å². The van der Waals surface area contributed by atoms with E-state index in [1.165, 1.54) is 29.8 Å². The summed E-state index contributed by atoms with van der Waals surface area (Å²) in [6, 6.07) is 13.1. The minimum absolute atomic E-state index is 0.0171. The zero-order valence-electron chi connectivity index (χ0n) is 16.0. The Bertz CT molecular complexity index is 1050. The predicted molar refractivity (Wildman–Crippen MR) is 110 cm³/mol. The summed E-state index contributed by atoms with van der Waals surface area (Å²) in [4.78, 5) is 26.5. The topological polar surface area (TPSA) is 88.3 Å². The van der Waals surface area contributed by atoms with Gasteiger partial charge in [-0.15, -0.1) is 10.2 Å². The number of carbonyl (C=O) groups is 2. The van der Waals surface area contributed by atoms with E-state index in [0.29, 0.717) is 12.1 Å². The molecule has 1 N–H and O–H groups in total. The number of rotatable bonds is 6. The third-order valence-corrected chi connectivity index (χ3v) is 5.49. The van der Waals surface area contributed by atoms with E-state index in [-0.39, 0.29) is 35.2 Å². The molecule has 2 amide bonds. The summed E-state index contributed by atoms with van der Waals surface area (Å²) in [5.74, 6) is -0.396. The number of nitrogens with one attached hydrogen (secondary N) is 1. The Hall–Kier alpha value is -3.20. The maximum absolute atomic E-state index is 12.9. The van der Waals surface area contributed by atoms with E-state index >= 15 is 0 Å². The highest BCUT2D eigenvalue weighted by Gasteiger charge is 2.22. The van der Waals surface area contributed by atoms with E-state index in [4.69, 9.17) is 4.42 Å². The number of halogens is 1. The molecule has 1 aliphatic rings. The van der Waals surface area contributed by atoms with Crippen molar-refractivity contribution in [3.63, 3.8) is 0 Å². The van der Waals surface area contributed by atoms with Gasteiger partial charge in [-0.05, 0) is 48.7 Å². The molecule has 2 heterocycles. The Kier molecular flexibility index (Phi) is 6.08. The largest absolute Gasteiger partial charge is 0.414 e. The minimum Gasteiger partial charge on any atom is -0.414 e. The fraction of sp³-hybridized carbons (Fsp3) is 0.238. The molecule has 0 aliphatic carbocycles. The molecule has 154 valence electrons. The molecule has 0 atom stereocenters. The van der Waals surface area contributed by atoms with Crippen LogP contribution in [0.1, 0.15) is 28.2 Å². The molecule has 0 saturated heterocycles. The van der Waals surface area contributed by atoms with Crippen molar-refractivity contribution in [1.29, 1.82) is 0 Å². The van der Waals surface area contributed by atoms with Gasteiger partial charge in [0.25, 0.3) is 11.1 Å². The molecule has 9 heteroatoms. The molecule has 1 aliphatic heterocycles. The first kappa shape index (κ1) is 20.1. The third-order valence-electron chi connectivity index (χ3n) is 4.69. The highest BCUT2D eigenvalue weighted by Crippen LogP contribution is 2.28. The predicted octanol–water partition coefficient (Wildman–Crippen LogP) is 3.21. The Morgan fingerprint density at radius 1 is 1.13 bits per heavy atom. The minimum atomic E-state index is -0.410. The zero-order chi connectivity index (χ0) is 20.9. The number of nitrogens with zero attached hydrogens (tertiary/aromatic N) is 3. The Balaban J connectivity index is 1.29. The molecule has 30 heavy (non-hydrogen) atoms. The van der Waals surface area contributed by atoms with E-state index < -0.39 is 5.82 Å². The maximum Gasteiger partial charge on any atom is 0.277 e. The van der Waals surface area contributed by atoms with Gasteiger partial charge in [-0.1, -0.05) is 30.0 Å². The summed E-state index contributed by atoms with van der Waals surface area (Å²) in [5.41, 5.74) is 2.47. The van der Waals surface area contributed by atoms with E-state index in [2.05, 4.69) is 15.5 Å². The number of thioether (sulfide) groups is 1. The Labute approximate surface area is 176 Å². The number of aryl methyl sites for hydroxylation is 1. The molecule has 3 aromatic rings. The van der Waals surface area contributed by atoms with Gasteiger partial charge in [0.1, 0.15) is 5.82 Å². The smallest absolute Gasteiger partial charge is 0.277 e. The van der Waals surface area contributed by atoms with Gasteiger partial charge < -0.3 is 14.6 Å². The number of carbonyl (C=O) groups excluding carboxylic acids is 2. The number of para-hydroxylation sites is 1. The fourth-order valence-electron chi connectivity index (χ4n) is 3.22. The molecule has 2 aromatic carbocycles. The fourth-order valence-corrected chi connectivity index (χ4v) is 3.88. The molecule has 0 saturated carbocycles. The van der Waals surface area contributed by atoms with Gasteiger partial charge in [0.15, 0.2) is 0 Å². The number of amides is 2. The number of fused-ring (bicyclic) bond motifs is 1. The van der Waals surface area contributed by atoms with Crippen LogP contribution >= 0.6 is 11.8 Å². The second kappa shape index (κ2) is 9.08. The van der Waals surface area contributed by atoms with Gasteiger partial charge in [-0.2, -0.15) is 0 Å². The number of anilines is 1. The zero-order valence-corrected chi connectivity index (χ0v) is 16.8. The Morgan fingerprint density at radius 2 is 1.93 bits per heavy atom. The first-order valence-electron chi connectivity index (χ1n) is 9.47. The molecule has 7 nitrogen and oxygen atoms in total. The van der Waals surface area contributed by atoms with Crippen LogP contribution in [0, 0.1) is 5.82 Å². The lowest BCUT2D eigenvalue weighted by Crippen LogP contribution is -2.36. The number of aromatic nitrogens is 2. The van der Waals surface area contributed by atoms with Gasteiger partial charge in [-0.25, -0.2) is 4.39 Å². The van der Waals surface area contributed by atoms with Crippen LogP contribution in [0.15, 0.2) is 58.2 Å². The summed E-state index contributed by atoms with van der Waals surface area (Å²) in [6.07, 6.45) is 1.91. The first-order chi connectivity index (χ1) is 14.6. The first-order valence-corrected chi connectivity index (χ1v) is 10.5. The second-order valence-electron chi connectivity index (χ2n) is 6.72. The summed E-state index contributed by atoms with van der Waals surface area (Å²) in [7, 11) is 0. The molecule has 0 fully saturated rings. The van der Waals surface area contributed by atoms with Crippen LogP contribution in [0.4, 0.5) is 10.1 Å². The van der Waals surface area contributed by atoms with Crippen molar-refractivity contribution in [3.8, 4) is 0 Å². The number of hydrogen-bond acceptors (Lipinski definition) is 6. The second-order valence-corrected chi connectivity index (χ2v) is 7.64. The van der Waals surface area contributed by atoms with Gasteiger partial charge >= 0.3 is 0 Å². The molecular weight excluding hydrogens is 407 g/mol. The van der Waals surface area contributed by atoms with Crippen molar-refractivity contribution in [1.82, 2.24) is 15.5 Å². The lowest BCUT2D eigenvalue weighted by Gasteiger charge is -2.29. The molecular formula is C21H19FN4O3S. The molecule has 0 bridgehead atoms.